The maximum absolute atomic E-state index is 4.67. The largest absolute Gasteiger partial charge is 0.329 e. The molecule has 0 aromatic carbocycles. The van der Waals surface area contributed by atoms with Crippen molar-refractivity contribution in [1.82, 2.24) is 19.3 Å². The summed E-state index contributed by atoms with van der Waals surface area (Å²) >= 11 is 0. The molecule has 0 saturated carbocycles. The van der Waals surface area contributed by atoms with E-state index in [1.165, 1.54) is 11.4 Å². The molecule has 0 N–H and O–H groups in total. The third-order valence-corrected chi connectivity index (χ3v) is 5.40. The SMILES string of the molecule is CC(C)(C)c1ccnn1C(C)(C)CCC(C)(C)c1cncn1C(C)(C)C. The highest BCUT2D eigenvalue weighted by Gasteiger charge is 2.33. The second kappa shape index (κ2) is 6.54. The maximum atomic E-state index is 4.67. The monoisotopic (exact) mass is 358 g/mol. The molecule has 0 bridgehead atoms. The van der Waals surface area contributed by atoms with Gasteiger partial charge in [-0.1, -0.05) is 34.6 Å². The van der Waals surface area contributed by atoms with Crippen molar-refractivity contribution in [3.63, 3.8) is 0 Å². The minimum Gasteiger partial charge on any atom is -0.329 e. The van der Waals surface area contributed by atoms with E-state index in [0.717, 1.165) is 12.8 Å². The van der Waals surface area contributed by atoms with E-state index in [1.54, 1.807) is 0 Å². The van der Waals surface area contributed by atoms with Crippen molar-refractivity contribution in [3.8, 4) is 0 Å². The minimum atomic E-state index is -0.0318. The molecular formula is C22H38N4. The Bertz CT molecular complexity index is 669. The van der Waals surface area contributed by atoms with Crippen molar-refractivity contribution in [2.75, 3.05) is 0 Å². The number of aromatic nitrogens is 4. The van der Waals surface area contributed by atoms with Gasteiger partial charge in [0.15, 0.2) is 0 Å². The fraction of sp³-hybridized carbons (Fsp3) is 0.727. The third kappa shape index (κ3) is 4.21. The molecule has 0 spiro atoms. The van der Waals surface area contributed by atoms with Gasteiger partial charge in [-0.15, -0.1) is 0 Å². The van der Waals surface area contributed by atoms with E-state index in [9.17, 15) is 0 Å². The average Bonchev–Trinajstić information content (AvgIpc) is 3.13. The Morgan fingerprint density at radius 1 is 0.846 bits per heavy atom. The summed E-state index contributed by atoms with van der Waals surface area (Å²) in [6.07, 6.45) is 8.06. The Balaban J connectivity index is 2.25. The van der Waals surface area contributed by atoms with E-state index in [0.29, 0.717) is 0 Å². The first-order chi connectivity index (χ1) is 11.7. The van der Waals surface area contributed by atoms with Crippen LogP contribution in [0, 0.1) is 0 Å². The molecule has 2 rings (SSSR count). The number of hydrogen-bond acceptors (Lipinski definition) is 2. The van der Waals surface area contributed by atoms with Gasteiger partial charge in [0.2, 0.25) is 0 Å². The van der Waals surface area contributed by atoms with Gasteiger partial charge < -0.3 is 4.57 Å². The van der Waals surface area contributed by atoms with Gasteiger partial charge in [-0.2, -0.15) is 5.10 Å². The normalized spacial score (nSPS) is 14.1. The molecule has 2 heterocycles. The summed E-state index contributed by atoms with van der Waals surface area (Å²) in [6, 6.07) is 2.15. The van der Waals surface area contributed by atoms with E-state index in [2.05, 4.69) is 94.6 Å². The first-order valence-electron chi connectivity index (χ1n) is 9.75. The van der Waals surface area contributed by atoms with E-state index in [1.807, 2.05) is 18.7 Å². The minimum absolute atomic E-state index is 0.0318. The molecule has 0 saturated heterocycles. The molecule has 0 fully saturated rings. The first-order valence-corrected chi connectivity index (χ1v) is 9.75. The predicted octanol–water partition coefficient (Wildman–Crippen LogP) is 5.63. The zero-order valence-electron chi connectivity index (χ0n) is 18.5. The summed E-state index contributed by atoms with van der Waals surface area (Å²) in [5, 5.41) is 4.67. The van der Waals surface area contributed by atoms with Gasteiger partial charge in [0.05, 0.1) is 11.9 Å². The number of nitrogens with zero attached hydrogens (tertiary/aromatic N) is 4. The van der Waals surface area contributed by atoms with Gasteiger partial charge in [0, 0.05) is 40.2 Å². The Morgan fingerprint density at radius 3 is 2.00 bits per heavy atom. The van der Waals surface area contributed by atoms with Crippen LogP contribution in [0.3, 0.4) is 0 Å². The molecule has 0 aliphatic rings. The van der Waals surface area contributed by atoms with Gasteiger partial charge >= 0.3 is 0 Å². The molecule has 0 amide bonds. The highest BCUT2D eigenvalue weighted by Crippen LogP contribution is 2.36. The smallest absolute Gasteiger partial charge is 0.0953 e. The van der Waals surface area contributed by atoms with Crippen LogP contribution in [-0.4, -0.2) is 19.3 Å². The van der Waals surface area contributed by atoms with Crippen LogP contribution in [0.5, 0.6) is 0 Å². The fourth-order valence-corrected chi connectivity index (χ4v) is 3.54. The Kier molecular flexibility index (Phi) is 5.22. The van der Waals surface area contributed by atoms with E-state index in [4.69, 9.17) is 0 Å². The van der Waals surface area contributed by atoms with Gasteiger partial charge in [-0.25, -0.2) is 4.98 Å². The molecule has 0 unspecified atom stereocenters. The van der Waals surface area contributed by atoms with Crippen LogP contribution in [0.25, 0.3) is 0 Å². The van der Waals surface area contributed by atoms with E-state index >= 15 is 0 Å². The van der Waals surface area contributed by atoms with Crippen LogP contribution in [0.4, 0.5) is 0 Å². The summed E-state index contributed by atoms with van der Waals surface area (Å²) < 4.78 is 4.54. The van der Waals surface area contributed by atoms with Crippen molar-refractivity contribution >= 4 is 0 Å². The summed E-state index contributed by atoms with van der Waals surface area (Å²) in [7, 11) is 0. The average molecular weight is 359 g/mol. The zero-order chi connectivity index (χ0) is 20.0. The highest BCUT2D eigenvalue weighted by molar-refractivity contribution is 5.16. The second-order valence-electron chi connectivity index (χ2n) is 10.9. The molecule has 4 heteroatoms. The summed E-state index contributed by atoms with van der Waals surface area (Å²) in [4.78, 5) is 4.44. The number of hydrogen-bond donors (Lipinski definition) is 0. The second-order valence-corrected chi connectivity index (χ2v) is 10.9. The molecule has 146 valence electrons. The maximum Gasteiger partial charge on any atom is 0.0953 e. The summed E-state index contributed by atoms with van der Waals surface area (Å²) in [5.74, 6) is 0. The quantitative estimate of drug-likeness (QED) is 0.695. The molecular weight excluding hydrogens is 320 g/mol. The lowest BCUT2D eigenvalue weighted by atomic mass is 9.79. The Morgan fingerprint density at radius 2 is 1.46 bits per heavy atom. The van der Waals surface area contributed by atoms with Crippen LogP contribution >= 0.6 is 0 Å². The number of imidazole rings is 1. The standard InChI is InChI=1S/C22H38N4/c1-19(2,3)17-11-14-24-26(17)22(9,10)13-12-21(7,8)18-15-23-16-25(18)20(4,5)6/h11,14-16H,12-13H2,1-10H3. The molecule has 2 aromatic rings. The van der Waals surface area contributed by atoms with E-state index < -0.39 is 0 Å². The topological polar surface area (TPSA) is 35.6 Å². The number of rotatable bonds is 5. The lowest BCUT2D eigenvalue weighted by molar-refractivity contribution is 0.237. The first kappa shape index (κ1) is 20.7. The predicted molar refractivity (Wildman–Crippen MR) is 110 cm³/mol. The lowest BCUT2D eigenvalue weighted by Crippen LogP contribution is -2.35. The molecule has 0 aliphatic carbocycles. The third-order valence-electron chi connectivity index (χ3n) is 5.40. The lowest BCUT2D eigenvalue weighted by Gasteiger charge is -2.36. The van der Waals surface area contributed by atoms with Crippen molar-refractivity contribution < 1.29 is 0 Å². The van der Waals surface area contributed by atoms with Gasteiger partial charge in [0.25, 0.3) is 0 Å². The summed E-state index contributed by atoms with van der Waals surface area (Å²) in [6.45, 7) is 22.7. The van der Waals surface area contributed by atoms with Crippen LogP contribution < -0.4 is 0 Å². The molecule has 4 nitrogen and oxygen atoms in total. The van der Waals surface area contributed by atoms with Crippen LogP contribution in [0.15, 0.2) is 24.8 Å². The molecule has 2 aromatic heterocycles. The van der Waals surface area contributed by atoms with Crippen molar-refractivity contribution in [1.29, 1.82) is 0 Å². The van der Waals surface area contributed by atoms with Gasteiger partial charge in [-0.3, -0.25) is 4.68 Å². The van der Waals surface area contributed by atoms with Crippen molar-refractivity contribution in [2.45, 2.75) is 104 Å². The van der Waals surface area contributed by atoms with Crippen LogP contribution in [-0.2, 0) is 21.9 Å². The van der Waals surface area contributed by atoms with Crippen molar-refractivity contribution in [3.05, 3.63) is 36.2 Å². The van der Waals surface area contributed by atoms with Gasteiger partial charge in [0.1, 0.15) is 0 Å². The molecule has 0 aliphatic heterocycles. The van der Waals surface area contributed by atoms with Crippen molar-refractivity contribution in [2.24, 2.45) is 0 Å². The Hall–Kier alpha value is -1.58. The van der Waals surface area contributed by atoms with Gasteiger partial charge in [-0.05, 0) is 53.5 Å². The molecule has 0 atom stereocenters. The summed E-state index contributed by atoms with van der Waals surface area (Å²) in [5.41, 5.74) is 2.75. The molecule has 0 radical (unpaired) electrons. The highest BCUT2D eigenvalue weighted by atomic mass is 15.3. The van der Waals surface area contributed by atoms with Crippen LogP contribution in [0.1, 0.15) is 93.5 Å². The molecule has 26 heavy (non-hydrogen) atoms. The Labute approximate surface area is 160 Å². The zero-order valence-corrected chi connectivity index (χ0v) is 18.5. The fourth-order valence-electron chi connectivity index (χ4n) is 3.54. The van der Waals surface area contributed by atoms with Crippen LogP contribution in [0.2, 0.25) is 0 Å². The van der Waals surface area contributed by atoms with E-state index in [-0.39, 0.29) is 21.9 Å².